The van der Waals surface area contributed by atoms with Crippen molar-refractivity contribution in [3.63, 3.8) is 0 Å². The van der Waals surface area contributed by atoms with Crippen molar-refractivity contribution in [2.75, 3.05) is 27.7 Å². The molecule has 1 aliphatic rings. The Kier molecular flexibility index (Phi) is 6.81. The van der Waals surface area contributed by atoms with Crippen LogP contribution in [-0.2, 0) is 11.3 Å². The van der Waals surface area contributed by atoms with Crippen LogP contribution in [0.25, 0.3) is 0 Å². The minimum absolute atomic E-state index is 0.169. The normalized spacial score (nSPS) is 16.6. The number of carbonyl (C=O) groups excluding carboxylic acids is 1. The molecule has 1 aliphatic carbocycles. The van der Waals surface area contributed by atoms with E-state index in [1.165, 1.54) is 12.1 Å². The van der Waals surface area contributed by atoms with Gasteiger partial charge < -0.3 is 15.5 Å². The second kappa shape index (κ2) is 8.65. The first-order valence-corrected chi connectivity index (χ1v) is 9.27. The second-order valence-corrected chi connectivity index (χ2v) is 7.66. The number of guanidine groups is 1. The van der Waals surface area contributed by atoms with Crippen LogP contribution in [-0.4, -0.2) is 44.5 Å². The number of hydrogen-bond acceptors (Lipinski definition) is 2. The van der Waals surface area contributed by atoms with Gasteiger partial charge in [0.25, 0.3) is 0 Å². The zero-order valence-corrected chi connectivity index (χ0v) is 16.6. The molecule has 0 radical (unpaired) electrons. The van der Waals surface area contributed by atoms with E-state index in [1.54, 1.807) is 26.0 Å². The van der Waals surface area contributed by atoms with Crippen molar-refractivity contribution < 1.29 is 9.18 Å². The molecular formula is C18H26BrFN4O. The van der Waals surface area contributed by atoms with Gasteiger partial charge in [-0.1, -0.05) is 28.8 Å². The minimum Gasteiger partial charge on any atom is -0.355 e. The molecule has 0 unspecified atom stereocenters. The molecular weight excluding hydrogens is 387 g/mol. The molecule has 5 nitrogen and oxygen atoms in total. The lowest BCUT2D eigenvalue weighted by Gasteiger charge is -2.31. The summed E-state index contributed by atoms with van der Waals surface area (Å²) in [7, 11) is 5.29. The number of hydrogen-bond donors (Lipinski definition) is 2. The Bertz CT molecular complexity index is 622. The average Bonchev–Trinajstić information content (AvgIpc) is 3.03. The van der Waals surface area contributed by atoms with Gasteiger partial charge in [-0.2, -0.15) is 0 Å². The van der Waals surface area contributed by atoms with E-state index in [-0.39, 0.29) is 17.1 Å². The van der Waals surface area contributed by atoms with Gasteiger partial charge >= 0.3 is 0 Å². The van der Waals surface area contributed by atoms with E-state index in [1.807, 2.05) is 6.07 Å². The molecule has 2 N–H and O–H groups in total. The summed E-state index contributed by atoms with van der Waals surface area (Å²) in [5, 5.41) is 6.45. The molecule has 1 amide bonds. The van der Waals surface area contributed by atoms with Crippen molar-refractivity contribution >= 4 is 27.8 Å². The third kappa shape index (κ3) is 5.17. The van der Waals surface area contributed by atoms with E-state index in [0.717, 1.165) is 31.2 Å². The van der Waals surface area contributed by atoms with Gasteiger partial charge in [-0.25, -0.2) is 4.39 Å². The SMILES string of the molecule is CN=C(NCc1cc(F)cc(Br)c1)NCC1(C(=O)N(C)C)CCCC1. The smallest absolute Gasteiger partial charge is 0.230 e. The van der Waals surface area contributed by atoms with Crippen molar-refractivity contribution in [2.24, 2.45) is 10.4 Å². The monoisotopic (exact) mass is 412 g/mol. The van der Waals surface area contributed by atoms with Gasteiger partial charge in [0.15, 0.2) is 5.96 Å². The Hall–Kier alpha value is -1.63. The lowest BCUT2D eigenvalue weighted by molar-refractivity contribution is -0.138. The number of carbonyl (C=O) groups is 1. The summed E-state index contributed by atoms with van der Waals surface area (Å²) in [5.74, 6) is 0.496. The molecule has 7 heteroatoms. The molecule has 1 aromatic carbocycles. The lowest BCUT2D eigenvalue weighted by atomic mass is 9.84. The Morgan fingerprint density at radius 2 is 1.96 bits per heavy atom. The predicted molar refractivity (Wildman–Crippen MR) is 102 cm³/mol. The number of aliphatic imine (C=N–C) groups is 1. The molecule has 0 heterocycles. The Morgan fingerprint density at radius 3 is 2.52 bits per heavy atom. The highest BCUT2D eigenvalue weighted by Gasteiger charge is 2.42. The van der Waals surface area contributed by atoms with Crippen LogP contribution in [0.1, 0.15) is 31.2 Å². The van der Waals surface area contributed by atoms with Gasteiger partial charge in [-0.05, 0) is 36.6 Å². The quantitative estimate of drug-likeness (QED) is 0.577. The maximum atomic E-state index is 13.5. The largest absolute Gasteiger partial charge is 0.355 e. The van der Waals surface area contributed by atoms with E-state index in [9.17, 15) is 9.18 Å². The zero-order valence-electron chi connectivity index (χ0n) is 15.0. The second-order valence-electron chi connectivity index (χ2n) is 6.74. The van der Waals surface area contributed by atoms with Crippen LogP contribution in [0.2, 0.25) is 0 Å². The van der Waals surface area contributed by atoms with Crippen molar-refractivity contribution in [3.05, 3.63) is 34.1 Å². The molecule has 2 rings (SSSR count). The number of nitrogens with one attached hydrogen (secondary N) is 2. The first kappa shape index (κ1) is 19.7. The van der Waals surface area contributed by atoms with Gasteiger partial charge in [0.05, 0.1) is 5.41 Å². The molecule has 0 saturated heterocycles. The number of amides is 1. The zero-order chi connectivity index (χ0) is 18.4. The number of benzene rings is 1. The number of nitrogens with zero attached hydrogens (tertiary/aromatic N) is 2. The average molecular weight is 413 g/mol. The third-order valence-electron chi connectivity index (χ3n) is 4.62. The van der Waals surface area contributed by atoms with Crippen LogP contribution >= 0.6 is 15.9 Å². The van der Waals surface area contributed by atoms with Gasteiger partial charge in [0, 0.05) is 38.7 Å². The minimum atomic E-state index is -0.358. The highest BCUT2D eigenvalue weighted by molar-refractivity contribution is 9.10. The van der Waals surface area contributed by atoms with Crippen LogP contribution in [0.4, 0.5) is 4.39 Å². The fourth-order valence-electron chi connectivity index (χ4n) is 3.36. The van der Waals surface area contributed by atoms with Crippen LogP contribution in [0.3, 0.4) is 0 Å². The summed E-state index contributed by atoms with van der Waals surface area (Å²) in [5.41, 5.74) is 0.456. The van der Waals surface area contributed by atoms with Gasteiger partial charge in [0.2, 0.25) is 5.91 Å². The summed E-state index contributed by atoms with van der Waals surface area (Å²) >= 11 is 3.29. The van der Waals surface area contributed by atoms with E-state index in [2.05, 4.69) is 31.6 Å². The first-order valence-electron chi connectivity index (χ1n) is 8.47. The molecule has 0 aromatic heterocycles. The van der Waals surface area contributed by atoms with Crippen molar-refractivity contribution in [2.45, 2.75) is 32.2 Å². The summed E-state index contributed by atoms with van der Waals surface area (Å²) in [6.45, 7) is 1.00. The van der Waals surface area contributed by atoms with E-state index in [0.29, 0.717) is 23.5 Å². The Balaban J connectivity index is 1.96. The summed E-state index contributed by atoms with van der Waals surface area (Å²) in [4.78, 5) is 18.5. The number of halogens is 2. The highest BCUT2D eigenvalue weighted by atomic mass is 79.9. The molecule has 1 fully saturated rings. The molecule has 0 spiro atoms. The Labute approximate surface area is 157 Å². The molecule has 0 atom stereocenters. The fraction of sp³-hybridized carbons (Fsp3) is 0.556. The van der Waals surface area contributed by atoms with Crippen molar-refractivity contribution in [1.82, 2.24) is 15.5 Å². The van der Waals surface area contributed by atoms with Crippen molar-refractivity contribution in [3.8, 4) is 0 Å². The van der Waals surface area contributed by atoms with Crippen LogP contribution in [0, 0.1) is 11.2 Å². The predicted octanol–water partition coefficient (Wildman–Crippen LogP) is 2.90. The summed E-state index contributed by atoms with van der Waals surface area (Å²) in [6, 6.07) is 4.77. The fourth-order valence-corrected chi connectivity index (χ4v) is 3.88. The Morgan fingerprint density at radius 1 is 1.28 bits per heavy atom. The third-order valence-corrected chi connectivity index (χ3v) is 5.08. The maximum absolute atomic E-state index is 13.5. The lowest BCUT2D eigenvalue weighted by Crippen LogP contribution is -2.49. The first-order chi connectivity index (χ1) is 11.9. The molecule has 1 saturated carbocycles. The van der Waals surface area contributed by atoms with Crippen LogP contribution in [0.15, 0.2) is 27.7 Å². The molecule has 0 aliphatic heterocycles. The van der Waals surface area contributed by atoms with Crippen LogP contribution in [0.5, 0.6) is 0 Å². The van der Waals surface area contributed by atoms with Crippen LogP contribution < -0.4 is 10.6 Å². The van der Waals surface area contributed by atoms with E-state index < -0.39 is 0 Å². The maximum Gasteiger partial charge on any atom is 0.230 e. The molecule has 25 heavy (non-hydrogen) atoms. The van der Waals surface area contributed by atoms with Gasteiger partial charge in [0.1, 0.15) is 5.82 Å². The summed E-state index contributed by atoms with van der Waals surface area (Å²) in [6.07, 6.45) is 3.94. The standard InChI is InChI=1S/C18H26BrFN4O/c1-21-17(22-11-13-8-14(19)10-15(20)9-13)23-12-18(6-4-5-7-18)16(25)24(2)3/h8-10H,4-7,11-12H2,1-3H3,(H2,21,22,23). The van der Waals surface area contributed by atoms with E-state index in [4.69, 9.17) is 0 Å². The van der Waals surface area contributed by atoms with Gasteiger partial charge in [-0.15, -0.1) is 0 Å². The topological polar surface area (TPSA) is 56.7 Å². The molecule has 0 bridgehead atoms. The van der Waals surface area contributed by atoms with Gasteiger partial charge in [-0.3, -0.25) is 9.79 Å². The molecule has 138 valence electrons. The van der Waals surface area contributed by atoms with E-state index >= 15 is 0 Å². The summed E-state index contributed by atoms with van der Waals surface area (Å²) < 4.78 is 14.2. The number of rotatable bonds is 5. The van der Waals surface area contributed by atoms with Crippen molar-refractivity contribution in [1.29, 1.82) is 0 Å². The highest BCUT2D eigenvalue weighted by Crippen LogP contribution is 2.38. The molecule has 1 aromatic rings.